The lowest BCUT2D eigenvalue weighted by molar-refractivity contribution is 0.00578. The summed E-state index contributed by atoms with van der Waals surface area (Å²) >= 11 is 6.65. The molecule has 2 aromatic rings. The van der Waals surface area contributed by atoms with E-state index >= 15 is 0 Å². The Kier molecular flexibility index (Phi) is 5.27. The Bertz CT molecular complexity index is 997. The number of ether oxygens (including phenoxy) is 1. The molecule has 164 valence electrons. The van der Waals surface area contributed by atoms with Crippen molar-refractivity contribution in [2.24, 2.45) is 0 Å². The van der Waals surface area contributed by atoms with Crippen LogP contribution >= 0.6 is 11.6 Å². The molecular formula is C23H27BClNO5. The van der Waals surface area contributed by atoms with Crippen LogP contribution in [0.1, 0.15) is 45.7 Å². The van der Waals surface area contributed by atoms with Gasteiger partial charge in [-0.3, -0.25) is 0 Å². The van der Waals surface area contributed by atoms with E-state index in [1.165, 1.54) is 0 Å². The van der Waals surface area contributed by atoms with E-state index in [0.717, 1.165) is 16.6 Å². The summed E-state index contributed by atoms with van der Waals surface area (Å²) in [6.45, 7) is 9.78. The maximum Gasteiger partial charge on any atom is 0.496 e. The van der Waals surface area contributed by atoms with E-state index in [-0.39, 0.29) is 0 Å². The first-order chi connectivity index (χ1) is 14.5. The minimum absolute atomic E-state index is 0.424. The molecule has 2 aromatic carbocycles. The quantitative estimate of drug-likeness (QED) is 0.695. The number of halogens is 1. The molecule has 2 heterocycles. The van der Waals surface area contributed by atoms with E-state index in [1.807, 2.05) is 71.0 Å². The molecule has 2 aliphatic heterocycles. The van der Waals surface area contributed by atoms with Crippen LogP contribution in [-0.2, 0) is 21.3 Å². The monoisotopic (exact) mass is 443 g/mol. The lowest BCUT2D eigenvalue weighted by Crippen LogP contribution is -2.52. The number of carbonyl (C=O) groups is 1. The maximum atomic E-state index is 11.5. The molecule has 1 amide bonds. The highest BCUT2D eigenvalue weighted by molar-refractivity contribution is 6.66. The van der Waals surface area contributed by atoms with Crippen LogP contribution in [0.2, 0.25) is 5.02 Å². The smallest absolute Gasteiger partial charge is 0.480 e. The van der Waals surface area contributed by atoms with Gasteiger partial charge in [-0.05, 0) is 57.9 Å². The fraction of sp³-hybridized carbons (Fsp3) is 0.435. The zero-order valence-corrected chi connectivity index (χ0v) is 19.1. The molecule has 31 heavy (non-hydrogen) atoms. The first-order valence-corrected chi connectivity index (χ1v) is 10.8. The van der Waals surface area contributed by atoms with Crippen molar-refractivity contribution < 1.29 is 23.9 Å². The van der Waals surface area contributed by atoms with Gasteiger partial charge in [0, 0.05) is 16.9 Å². The van der Waals surface area contributed by atoms with Crippen LogP contribution in [0.25, 0.3) is 0 Å². The average Bonchev–Trinajstić information content (AvgIpc) is 3.17. The predicted octanol–water partition coefficient (Wildman–Crippen LogP) is 4.13. The second kappa shape index (κ2) is 7.43. The van der Waals surface area contributed by atoms with Gasteiger partial charge in [0.05, 0.1) is 17.2 Å². The van der Waals surface area contributed by atoms with Crippen LogP contribution in [0, 0.1) is 0 Å². The van der Waals surface area contributed by atoms with Crippen LogP contribution in [0.15, 0.2) is 42.5 Å². The maximum absolute atomic E-state index is 11.5. The molecule has 0 saturated carbocycles. The largest absolute Gasteiger partial charge is 0.496 e. The fourth-order valence-electron chi connectivity index (χ4n) is 4.28. The summed E-state index contributed by atoms with van der Waals surface area (Å²) < 4.78 is 19.1. The molecule has 8 heteroatoms. The third kappa shape index (κ3) is 3.58. The van der Waals surface area contributed by atoms with Crippen molar-refractivity contribution in [3.8, 4) is 5.75 Å². The predicted molar refractivity (Wildman–Crippen MR) is 120 cm³/mol. The number of nitrogens with one attached hydrogen (secondary N) is 1. The van der Waals surface area contributed by atoms with Crippen molar-refractivity contribution in [1.29, 1.82) is 0 Å². The standard InChI is InChI=1S/C23H27BClNO5/c1-14(26-20(27)28)23(15-9-7-6-8-10-15)13-16-18(29-23)12-11-17(25)19(16)24-30-21(2,3)22(4,5)31-24/h6-12,14,26H,13H2,1-5H3,(H,27,28). The van der Waals surface area contributed by atoms with Crippen molar-refractivity contribution >= 4 is 30.3 Å². The highest BCUT2D eigenvalue weighted by atomic mass is 35.5. The minimum Gasteiger partial charge on any atom is -0.480 e. The summed E-state index contributed by atoms with van der Waals surface area (Å²) in [4.78, 5) is 11.5. The minimum atomic E-state index is -1.11. The van der Waals surface area contributed by atoms with Gasteiger partial charge in [0.1, 0.15) is 5.75 Å². The second-order valence-corrected chi connectivity index (χ2v) is 9.64. The Balaban J connectivity index is 1.80. The van der Waals surface area contributed by atoms with Crippen molar-refractivity contribution in [2.45, 2.75) is 63.9 Å². The molecular weight excluding hydrogens is 417 g/mol. The molecule has 2 unspecified atom stereocenters. The van der Waals surface area contributed by atoms with Crippen LogP contribution in [0.5, 0.6) is 5.75 Å². The Hall–Kier alpha value is -2.22. The fourth-order valence-corrected chi connectivity index (χ4v) is 4.55. The highest BCUT2D eigenvalue weighted by Gasteiger charge is 2.55. The zero-order chi connectivity index (χ0) is 22.6. The summed E-state index contributed by atoms with van der Waals surface area (Å²) in [7, 11) is -0.648. The van der Waals surface area contributed by atoms with Crippen molar-refractivity contribution in [3.63, 3.8) is 0 Å². The first kappa shape index (κ1) is 22.0. The molecule has 1 saturated heterocycles. The molecule has 0 aliphatic carbocycles. The first-order valence-electron chi connectivity index (χ1n) is 10.4. The van der Waals surface area contributed by atoms with Crippen LogP contribution in [0.4, 0.5) is 4.79 Å². The van der Waals surface area contributed by atoms with Gasteiger partial charge in [0.2, 0.25) is 0 Å². The molecule has 4 rings (SSSR count). The molecule has 1 fully saturated rings. The Morgan fingerprint density at radius 2 is 1.71 bits per heavy atom. The summed E-state index contributed by atoms with van der Waals surface area (Å²) in [5, 5.41) is 12.5. The van der Waals surface area contributed by atoms with E-state index in [1.54, 1.807) is 6.07 Å². The van der Waals surface area contributed by atoms with Crippen molar-refractivity contribution in [1.82, 2.24) is 5.32 Å². The van der Waals surface area contributed by atoms with Gasteiger partial charge in [0.15, 0.2) is 5.60 Å². The normalized spacial score (nSPS) is 24.4. The molecule has 0 radical (unpaired) electrons. The van der Waals surface area contributed by atoms with Gasteiger partial charge in [-0.15, -0.1) is 0 Å². The number of benzene rings is 2. The van der Waals surface area contributed by atoms with E-state index in [9.17, 15) is 9.90 Å². The van der Waals surface area contributed by atoms with Gasteiger partial charge in [-0.1, -0.05) is 41.9 Å². The number of hydrogen-bond acceptors (Lipinski definition) is 4. The highest BCUT2D eigenvalue weighted by Crippen LogP contribution is 2.45. The summed E-state index contributed by atoms with van der Waals surface area (Å²) in [6, 6.07) is 12.7. The molecule has 2 N–H and O–H groups in total. The van der Waals surface area contributed by atoms with E-state index in [0.29, 0.717) is 17.2 Å². The lowest BCUT2D eigenvalue weighted by Gasteiger charge is -2.35. The zero-order valence-electron chi connectivity index (χ0n) is 18.4. The SMILES string of the molecule is CC(NC(=O)O)C1(c2ccccc2)Cc2c(ccc(Cl)c2B2OC(C)(C)C(C)(C)O2)O1. The third-order valence-electron chi connectivity index (χ3n) is 6.78. The Labute approximate surface area is 188 Å². The summed E-state index contributed by atoms with van der Waals surface area (Å²) in [6.07, 6.45) is -0.681. The van der Waals surface area contributed by atoms with Crippen molar-refractivity contribution in [2.75, 3.05) is 0 Å². The average molecular weight is 444 g/mol. The van der Waals surface area contributed by atoms with Crippen LogP contribution in [0.3, 0.4) is 0 Å². The summed E-state index contributed by atoms with van der Waals surface area (Å²) in [5.41, 5.74) is 0.524. The topological polar surface area (TPSA) is 77.0 Å². The summed E-state index contributed by atoms with van der Waals surface area (Å²) in [5.74, 6) is 0.650. The number of amides is 1. The van der Waals surface area contributed by atoms with Gasteiger partial charge < -0.3 is 24.5 Å². The number of carboxylic acid groups (broad SMARTS) is 1. The lowest BCUT2D eigenvalue weighted by atomic mass is 9.72. The number of fused-ring (bicyclic) bond motifs is 1. The van der Waals surface area contributed by atoms with Gasteiger partial charge in [-0.25, -0.2) is 4.79 Å². The van der Waals surface area contributed by atoms with Crippen LogP contribution < -0.4 is 15.5 Å². The molecule has 2 atom stereocenters. The molecule has 6 nitrogen and oxygen atoms in total. The number of rotatable bonds is 4. The van der Waals surface area contributed by atoms with Gasteiger partial charge in [-0.2, -0.15) is 0 Å². The van der Waals surface area contributed by atoms with Crippen LogP contribution in [-0.4, -0.2) is 35.6 Å². The molecule has 0 bridgehead atoms. The van der Waals surface area contributed by atoms with E-state index < -0.39 is 36.1 Å². The molecule has 0 aromatic heterocycles. The molecule has 0 spiro atoms. The van der Waals surface area contributed by atoms with E-state index in [4.69, 9.17) is 25.6 Å². The van der Waals surface area contributed by atoms with E-state index in [2.05, 4.69) is 5.32 Å². The molecule has 2 aliphatic rings. The second-order valence-electron chi connectivity index (χ2n) is 9.23. The number of hydrogen-bond donors (Lipinski definition) is 2. The third-order valence-corrected chi connectivity index (χ3v) is 7.11. The van der Waals surface area contributed by atoms with Gasteiger partial charge in [0.25, 0.3) is 0 Å². The van der Waals surface area contributed by atoms with Gasteiger partial charge >= 0.3 is 13.2 Å². The Morgan fingerprint density at radius 3 is 2.29 bits per heavy atom. The van der Waals surface area contributed by atoms with Crippen molar-refractivity contribution in [3.05, 3.63) is 58.6 Å². The Morgan fingerprint density at radius 1 is 1.10 bits per heavy atom.